The molecule has 3 aromatic heterocycles. The average molecular weight is 500 g/mol. The van der Waals surface area contributed by atoms with Crippen LogP contribution in [0.15, 0.2) is 52.8 Å². The van der Waals surface area contributed by atoms with Gasteiger partial charge in [-0.25, -0.2) is 14.4 Å². The van der Waals surface area contributed by atoms with Gasteiger partial charge in [0.2, 0.25) is 0 Å². The zero-order valence-corrected chi connectivity index (χ0v) is 20.8. The molecule has 5 heterocycles. The summed E-state index contributed by atoms with van der Waals surface area (Å²) < 4.78 is 14.6. The van der Waals surface area contributed by atoms with E-state index in [0.29, 0.717) is 23.5 Å². The van der Waals surface area contributed by atoms with E-state index in [-0.39, 0.29) is 5.82 Å². The summed E-state index contributed by atoms with van der Waals surface area (Å²) in [6, 6.07) is 9.55. The largest absolute Gasteiger partial charge is 0.388 e. The van der Waals surface area contributed by atoms with Crippen molar-refractivity contribution in [3.63, 3.8) is 0 Å². The van der Waals surface area contributed by atoms with Crippen molar-refractivity contribution in [2.24, 2.45) is 5.92 Å². The van der Waals surface area contributed by atoms with Crippen molar-refractivity contribution < 1.29 is 4.39 Å². The predicted octanol–water partition coefficient (Wildman–Crippen LogP) is 4.51. The summed E-state index contributed by atoms with van der Waals surface area (Å²) in [5, 5.41) is 7.55. The topological polar surface area (TPSA) is 78.9 Å². The van der Waals surface area contributed by atoms with Gasteiger partial charge in [-0.15, -0.1) is 0 Å². The van der Waals surface area contributed by atoms with E-state index in [1.54, 1.807) is 18.3 Å². The van der Waals surface area contributed by atoms with Gasteiger partial charge in [0.05, 0.1) is 16.7 Å². The number of fused-ring (bicyclic) bond motifs is 5. The molecule has 0 spiro atoms. The molecule has 0 amide bonds. The molecular weight excluding hydrogens is 473 g/mol. The molecule has 1 aliphatic carbocycles. The highest BCUT2D eigenvalue weighted by Gasteiger charge is 2.38. The molecule has 1 aromatic carbocycles. The molecule has 3 aliphatic rings. The highest BCUT2D eigenvalue weighted by Crippen LogP contribution is 2.46. The number of aromatic nitrogens is 4. The number of nitrogens with zero attached hydrogens (tertiary/aromatic N) is 5. The number of anilines is 2. The second-order valence-electron chi connectivity index (χ2n) is 9.74. The Morgan fingerprint density at radius 2 is 2.08 bits per heavy atom. The third-order valence-electron chi connectivity index (χ3n) is 7.58. The Labute approximate surface area is 213 Å². The third-order valence-corrected chi connectivity index (χ3v) is 8.40. The van der Waals surface area contributed by atoms with Crippen LogP contribution < -0.4 is 15.5 Å². The van der Waals surface area contributed by atoms with Crippen molar-refractivity contribution in [1.82, 2.24) is 25.3 Å². The minimum absolute atomic E-state index is 0.248. The van der Waals surface area contributed by atoms with Gasteiger partial charge in [-0.1, -0.05) is 0 Å². The summed E-state index contributed by atoms with van der Waals surface area (Å²) in [5.41, 5.74) is 6.43. The maximum absolute atomic E-state index is 14.6. The Kier molecular flexibility index (Phi) is 5.28. The first-order valence-electron chi connectivity index (χ1n) is 12.4. The Morgan fingerprint density at radius 3 is 2.97 bits per heavy atom. The van der Waals surface area contributed by atoms with Gasteiger partial charge in [0, 0.05) is 61.1 Å². The van der Waals surface area contributed by atoms with E-state index in [1.807, 2.05) is 31.4 Å². The lowest BCUT2D eigenvalue weighted by molar-refractivity contribution is 0.340. The molecule has 7 nitrogen and oxygen atoms in total. The standard InChI is InChI=1S/C27H26FN7S/c1-29-21-9-16(28)8-19-18(21)11-23-25(19)26(35-13-15-4-2-6-31-24(15)14-35)34-27(33-23)36-17-10-22-20(32-12-17)5-3-7-30-22/h3,5,7-10,12,15,24,29,31H,2,4,6,11,13-14H2,1H3. The van der Waals surface area contributed by atoms with Crippen LogP contribution in [0.25, 0.3) is 22.2 Å². The fourth-order valence-corrected chi connectivity index (χ4v) is 6.68. The highest BCUT2D eigenvalue weighted by molar-refractivity contribution is 7.99. The van der Waals surface area contributed by atoms with Gasteiger partial charge in [-0.2, -0.15) is 0 Å². The lowest BCUT2D eigenvalue weighted by atomic mass is 9.94. The van der Waals surface area contributed by atoms with E-state index in [2.05, 4.69) is 25.5 Å². The monoisotopic (exact) mass is 499 g/mol. The third kappa shape index (κ3) is 3.69. The van der Waals surface area contributed by atoms with Crippen LogP contribution in [0.5, 0.6) is 0 Å². The molecule has 0 radical (unpaired) electrons. The maximum atomic E-state index is 14.6. The fourth-order valence-electron chi connectivity index (χ4n) is 5.91. The van der Waals surface area contributed by atoms with Crippen molar-refractivity contribution in [3.8, 4) is 11.1 Å². The molecule has 0 bridgehead atoms. The number of hydrogen-bond acceptors (Lipinski definition) is 8. The van der Waals surface area contributed by atoms with E-state index in [0.717, 1.165) is 69.5 Å². The Hall–Kier alpha value is -3.30. The van der Waals surface area contributed by atoms with Crippen LogP contribution in [0.4, 0.5) is 15.9 Å². The summed E-state index contributed by atoms with van der Waals surface area (Å²) >= 11 is 1.50. The van der Waals surface area contributed by atoms with E-state index in [1.165, 1.54) is 24.6 Å². The van der Waals surface area contributed by atoms with Crippen LogP contribution in [-0.4, -0.2) is 52.7 Å². The Morgan fingerprint density at radius 1 is 1.14 bits per heavy atom. The van der Waals surface area contributed by atoms with E-state index in [4.69, 9.17) is 9.97 Å². The van der Waals surface area contributed by atoms with Gasteiger partial charge < -0.3 is 15.5 Å². The molecule has 2 aliphatic heterocycles. The Bertz CT molecular complexity index is 1480. The molecule has 0 saturated carbocycles. The summed E-state index contributed by atoms with van der Waals surface area (Å²) in [5.74, 6) is 1.27. The number of halogens is 1. The quantitative estimate of drug-likeness (QED) is 0.350. The minimum atomic E-state index is -0.248. The van der Waals surface area contributed by atoms with Crippen LogP contribution in [0.1, 0.15) is 24.1 Å². The summed E-state index contributed by atoms with van der Waals surface area (Å²) in [6.45, 7) is 2.93. The van der Waals surface area contributed by atoms with Gasteiger partial charge in [-0.05, 0) is 78.5 Å². The second kappa shape index (κ2) is 8.67. The van der Waals surface area contributed by atoms with Crippen molar-refractivity contribution in [2.45, 2.75) is 35.4 Å². The summed E-state index contributed by atoms with van der Waals surface area (Å²) in [7, 11) is 1.84. The van der Waals surface area contributed by atoms with Crippen LogP contribution in [-0.2, 0) is 6.42 Å². The lowest BCUT2D eigenvalue weighted by Gasteiger charge is -2.24. The Balaban J connectivity index is 1.33. The van der Waals surface area contributed by atoms with Crippen molar-refractivity contribution in [3.05, 3.63) is 59.8 Å². The van der Waals surface area contributed by atoms with Crippen LogP contribution in [0.2, 0.25) is 0 Å². The molecular formula is C27H26FN7S. The maximum Gasteiger partial charge on any atom is 0.194 e. The molecule has 182 valence electrons. The first kappa shape index (κ1) is 21.9. The number of piperidine rings is 1. The molecule has 2 atom stereocenters. The van der Waals surface area contributed by atoms with Gasteiger partial charge >= 0.3 is 0 Å². The molecule has 7 rings (SSSR count). The zero-order valence-electron chi connectivity index (χ0n) is 20.0. The van der Waals surface area contributed by atoms with Crippen molar-refractivity contribution in [2.75, 3.05) is 36.9 Å². The van der Waals surface area contributed by atoms with Gasteiger partial charge in [0.25, 0.3) is 0 Å². The number of nitrogens with one attached hydrogen (secondary N) is 2. The molecule has 2 N–H and O–H groups in total. The fraction of sp³-hybridized carbons (Fsp3) is 0.333. The molecule has 4 aromatic rings. The minimum Gasteiger partial charge on any atom is -0.388 e. The molecule has 36 heavy (non-hydrogen) atoms. The van der Waals surface area contributed by atoms with E-state index in [9.17, 15) is 4.39 Å². The van der Waals surface area contributed by atoms with Gasteiger partial charge in [-0.3, -0.25) is 9.97 Å². The average Bonchev–Trinajstić information content (AvgIpc) is 3.49. The first-order chi connectivity index (χ1) is 17.7. The van der Waals surface area contributed by atoms with Crippen molar-refractivity contribution in [1.29, 1.82) is 0 Å². The van der Waals surface area contributed by atoms with E-state index >= 15 is 0 Å². The SMILES string of the molecule is CNc1cc(F)cc2c1Cc1nc(Sc3cnc4cccnc4c3)nc(N3CC4CCCNC4C3)c1-2. The molecule has 2 fully saturated rings. The first-order valence-corrected chi connectivity index (χ1v) is 13.3. The molecule has 2 saturated heterocycles. The normalized spacial score (nSPS) is 20.3. The highest BCUT2D eigenvalue weighted by atomic mass is 32.2. The number of benzene rings is 1. The summed E-state index contributed by atoms with van der Waals surface area (Å²) in [4.78, 5) is 22.4. The van der Waals surface area contributed by atoms with E-state index < -0.39 is 0 Å². The zero-order chi connectivity index (χ0) is 24.2. The molecule has 2 unspecified atom stereocenters. The lowest BCUT2D eigenvalue weighted by Crippen LogP contribution is -2.40. The van der Waals surface area contributed by atoms with Crippen LogP contribution in [0, 0.1) is 11.7 Å². The predicted molar refractivity (Wildman–Crippen MR) is 140 cm³/mol. The molecule has 9 heteroatoms. The number of rotatable bonds is 4. The number of pyridine rings is 2. The van der Waals surface area contributed by atoms with Gasteiger partial charge in [0.15, 0.2) is 5.16 Å². The van der Waals surface area contributed by atoms with Crippen LogP contribution in [0.3, 0.4) is 0 Å². The van der Waals surface area contributed by atoms with Gasteiger partial charge in [0.1, 0.15) is 11.6 Å². The summed E-state index contributed by atoms with van der Waals surface area (Å²) in [6.07, 6.45) is 6.72. The van der Waals surface area contributed by atoms with Crippen LogP contribution >= 0.6 is 11.8 Å². The smallest absolute Gasteiger partial charge is 0.194 e. The van der Waals surface area contributed by atoms with Crippen molar-refractivity contribution >= 4 is 34.3 Å². The number of hydrogen-bond donors (Lipinski definition) is 2. The second-order valence-corrected chi connectivity index (χ2v) is 10.8.